The fourth-order valence-electron chi connectivity index (χ4n) is 3.99. The molecule has 0 aromatic heterocycles. The molecule has 14 heteroatoms. The van der Waals surface area contributed by atoms with E-state index in [2.05, 4.69) is 21.3 Å². The predicted octanol–water partition coefficient (Wildman–Crippen LogP) is 0.752. The van der Waals surface area contributed by atoms with Gasteiger partial charge in [-0.1, -0.05) is 0 Å². The zero-order valence-electron chi connectivity index (χ0n) is 24.1. The van der Waals surface area contributed by atoms with E-state index in [4.69, 9.17) is 0 Å². The molecule has 234 valence electrons. The third-order valence-corrected chi connectivity index (χ3v) is 6.52. The van der Waals surface area contributed by atoms with Crippen molar-refractivity contribution in [3.8, 4) is 0 Å². The first kappa shape index (κ1) is 35.8. The van der Waals surface area contributed by atoms with Gasteiger partial charge < -0.3 is 21.3 Å². The second-order valence-electron chi connectivity index (χ2n) is 10.1. The Bertz CT molecular complexity index is 841. The van der Waals surface area contributed by atoms with Gasteiger partial charge in [-0.25, -0.2) is 10.1 Å². The monoisotopic (exact) mass is 584 g/mol. The van der Waals surface area contributed by atoms with Crippen LogP contribution in [0.1, 0.15) is 96.3 Å². The minimum Gasteiger partial charge on any atom is -0.356 e. The summed E-state index contributed by atoms with van der Waals surface area (Å²) in [6.07, 6.45) is 5.80. The molecule has 0 saturated carbocycles. The van der Waals surface area contributed by atoms with E-state index in [1.54, 1.807) is 0 Å². The maximum absolute atomic E-state index is 12.0. The van der Waals surface area contributed by atoms with E-state index in [0.29, 0.717) is 74.8 Å². The van der Waals surface area contributed by atoms with Crippen LogP contribution in [0.25, 0.3) is 0 Å². The van der Waals surface area contributed by atoms with Crippen LogP contribution in [-0.2, 0) is 28.8 Å². The van der Waals surface area contributed by atoms with Crippen LogP contribution in [0.5, 0.6) is 0 Å². The number of hydroxylamine groups is 4. The predicted molar refractivity (Wildman–Crippen MR) is 148 cm³/mol. The molecule has 6 amide bonds. The normalized spacial score (nSPS) is 21.3. The lowest BCUT2D eigenvalue weighted by Gasteiger charge is -2.15. The van der Waals surface area contributed by atoms with Gasteiger partial charge in [-0.2, -0.15) is 0 Å². The molecule has 1 fully saturated rings. The Morgan fingerprint density at radius 3 is 0.976 bits per heavy atom. The van der Waals surface area contributed by atoms with Crippen molar-refractivity contribution in [2.75, 3.05) is 39.3 Å². The molecule has 41 heavy (non-hydrogen) atoms. The number of hydrogen-bond acceptors (Lipinski definition) is 8. The summed E-state index contributed by atoms with van der Waals surface area (Å²) in [4.78, 5) is 71.8. The average molecular weight is 585 g/mol. The molecule has 0 radical (unpaired) electrons. The maximum Gasteiger partial charge on any atom is 0.246 e. The lowest BCUT2D eigenvalue weighted by molar-refractivity contribution is -0.166. The zero-order chi connectivity index (χ0) is 30.3. The summed E-state index contributed by atoms with van der Waals surface area (Å²) in [5.74, 6) is -2.08. The van der Waals surface area contributed by atoms with Crippen molar-refractivity contribution in [2.24, 2.45) is 0 Å². The number of nitrogens with zero attached hydrogens (tertiary/aromatic N) is 2. The molecule has 0 spiro atoms. The SMILES string of the molecule is O=C1CCC(=O)NCCCCCN(O)C(=O)CCC(=O)NCCCCCN(O)C(=O)CCC(=O)NCCCCCN1. The number of nitrogens with one attached hydrogen (secondary N) is 4. The van der Waals surface area contributed by atoms with E-state index in [-0.39, 0.29) is 75.2 Å². The summed E-state index contributed by atoms with van der Waals surface area (Å²) >= 11 is 0. The highest BCUT2D eigenvalue weighted by molar-refractivity contribution is 5.84. The highest BCUT2D eigenvalue weighted by atomic mass is 16.5. The van der Waals surface area contributed by atoms with Gasteiger partial charge in [0.15, 0.2) is 0 Å². The highest BCUT2D eigenvalue weighted by Gasteiger charge is 2.14. The second kappa shape index (κ2) is 22.4. The summed E-state index contributed by atoms with van der Waals surface area (Å²) < 4.78 is 0. The molecule has 1 rings (SSSR count). The Balaban J connectivity index is 2.44. The molecule has 14 nitrogen and oxygen atoms in total. The van der Waals surface area contributed by atoms with Gasteiger partial charge in [0.25, 0.3) is 0 Å². The molecule has 1 aliphatic rings. The van der Waals surface area contributed by atoms with E-state index in [9.17, 15) is 39.2 Å². The third kappa shape index (κ3) is 19.5. The van der Waals surface area contributed by atoms with Gasteiger partial charge in [0, 0.05) is 77.8 Å². The summed E-state index contributed by atoms with van der Waals surface area (Å²) in [7, 11) is 0. The number of carbonyl (C=O) groups is 6. The molecular weight excluding hydrogens is 536 g/mol. The fraction of sp³-hybridized carbons (Fsp3) is 0.778. The van der Waals surface area contributed by atoms with Crippen LogP contribution in [0.2, 0.25) is 0 Å². The second-order valence-corrected chi connectivity index (χ2v) is 10.1. The molecule has 0 bridgehead atoms. The van der Waals surface area contributed by atoms with Crippen molar-refractivity contribution in [3.05, 3.63) is 0 Å². The van der Waals surface area contributed by atoms with Crippen molar-refractivity contribution in [3.63, 3.8) is 0 Å². The Kier molecular flexibility index (Phi) is 19.6. The van der Waals surface area contributed by atoms with Gasteiger partial charge in [0.2, 0.25) is 35.4 Å². The molecule has 0 aliphatic carbocycles. The van der Waals surface area contributed by atoms with Crippen LogP contribution in [0.4, 0.5) is 0 Å². The summed E-state index contributed by atoms with van der Waals surface area (Å²) in [6.45, 7) is 2.01. The van der Waals surface area contributed by atoms with E-state index >= 15 is 0 Å². The number of hydrogen-bond donors (Lipinski definition) is 6. The minimum absolute atomic E-state index is 0.0257. The van der Waals surface area contributed by atoms with Crippen molar-refractivity contribution in [1.29, 1.82) is 0 Å². The Labute approximate surface area is 241 Å². The summed E-state index contributed by atoms with van der Waals surface area (Å²) in [5, 5.41) is 32.0. The number of carbonyl (C=O) groups excluding carboxylic acids is 6. The molecule has 6 N–H and O–H groups in total. The van der Waals surface area contributed by atoms with Crippen molar-refractivity contribution in [1.82, 2.24) is 31.4 Å². The molecular formula is C27H48N6O8. The smallest absolute Gasteiger partial charge is 0.246 e. The van der Waals surface area contributed by atoms with Crippen molar-refractivity contribution >= 4 is 35.4 Å². The van der Waals surface area contributed by atoms with E-state index in [1.807, 2.05) is 0 Å². The van der Waals surface area contributed by atoms with Gasteiger partial charge in [-0.05, 0) is 57.8 Å². The lowest BCUT2D eigenvalue weighted by Crippen LogP contribution is -2.31. The molecule has 0 aromatic rings. The standard InChI is InChI=1S/C27H48N6O8/c34-22-10-11-23(35)29-18-6-2-8-20-32(40)27(39)15-13-25(37)31-19-7-3-9-21-33(41)26(38)14-12-24(36)30-17-5-1-4-16-28-22/h40-41H,1-21H2,(H,28,34)(H,29,35)(H,30,36)(H,31,37). The Morgan fingerprint density at radius 1 is 0.390 bits per heavy atom. The van der Waals surface area contributed by atoms with Crippen molar-refractivity contribution in [2.45, 2.75) is 96.3 Å². The largest absolute Gasteiger partial charge is 0.356 e. The van der Waals surface area contributed by atoms with Crippen LogP contribution >= 0.6 is 0 Å². The van der Waals surface area contributed by atoms with Crippen LogP contribution in [0.15, 0.2) is 0 Å². The number of rotatable bonds is 0. The molecule has 1 saturated heterocycles. The maximum atomic E-state index is 12.0. The van der Waals surface area contributed by atoms with Gasteiger partial charge >= 0.3 is 0 Å². The molecule has 0 atom stereocenters. The van der Waals surface area contributed by atoms with Crippen LogP contribution in [0, 0.1) is 0 Å². The topological polar surface area (TPSA) is 197 Å². The Morgan fingerprint density at radius 2 is 0.659 bits per heavy atom. The van der Waals surface area contributed by atoms with Gasteiger partial charge in [-0.15, -0.1) is 0 Å². The molecule has 0 aromatic carbocycles. The first-order valence-electron chi connectivity index (χ1n) is 14.7. The fourth-order valence-corrected chi connectivity index (χ4v) is 3.99. The first-order chi connectivity index (χ1) is 19.7. The van der Waals surface area contributed by atoms with E-state index in [1.165, 1.54) is 0 Å². The van der Waals surface area contributed by atoms with Gasteiger partial charge in [0.1, 0.15) is 0 Å². The molecule has 0 unspecified atom stereocenters. The highest BCUT2D eigenvalue weighted by Crippen LogP contribution is 2.03. The lowest BCUT2D eigenvalue weighted by atomic mass is 10.2. The number of amides is 6. The van der Waals surface area contributed by atoms with Crippen LogP contribution in [-0.4, -0.2) is 95.3 Å². The van der Waals surface area contributed by atoms with Crippen molar-refractivity contribution < 1.29 is 39.2 Å². The summed E-state index contributed by atoms with van der Waals surface area (Å²) in [6, 6.07) is 0. The van der Waals surface area contributed by atoms with Crippen LogP contribution < -0.4 is 21.3 Å². The molecule has 1 heterocycles. The van der Waals surface area contributed by atoms with Gasteiger partial charge in [-0.3, -0.25) is 39.2 Å². The average Bonchev–Trinajstić information content (AvgIpc) is 2.95. The van der Waals surface area contributed by atoms with E-state index in [0.717, 1.165) is 19.3 Å². The quantitative estimate of drug-likeness (QED) is 0.224. The minimum atomic E-state index is -0.543. The molecule has 1 aliphatic heterocycles. The third-order valence-electron chi connectivity index (χ3n) is 6.52. The zero-order valence-corrected chi connectivity index (χ0v) is 24.1. The summed E-state index contributed by atoms with van der Waals surface area (Å²) in [5.41, 5.74) is 0. The first-order valence-corrected chi connectivity index (χ1v) is 14.7. The van der Waals surface area contributed by atoms with E-state index < -0.39 is 11.8 Å². The van der Waals surface area contributed by atoms with Crippen LogP contribution in [0.3, 0.4) is 0 Å². The Hall–Kier alpha value is -3.26. The van der Waals surface area contributed by atoms with Gasteiger partial charge in [0.05, 0.1) is 0 Å².